The van der Waals surface area contributed by atoms with E-state index in [0.29, 0.717) is 18.0 Å². The van der Waals surface area contributed by atoms with Crippen molar-refractivity contribution < 1.29 is 0 Å². The van der Waals surface area contributed by atoms with E-state index in [1.165, 1.54) is 17.2 Å². The Hall–Kier alpha value is 0.230. The minimum absolute atomic E-state index is 0.369. The van der Waals surface area contributed by atoms with Crippen LogP contribution in [0, 0.1) is 0 Å². The number of hydrogen-bond donors (Lipinski definition) is 0. The molecule has 17 heavy (non-hydrogen) atoms. The molecule has 0 saturated heterocycles. The fraction of sp³-hybridized carbons (Fsp3) is 0.750. The van der Waals surface area contributed by atoms with Crippen molar-refractivity contribution >= 4 is 34.7 Å². The highest BCUT2D eigenvalue weighted by Crippen LogP contribution is 2.25. The molecule has 0 bridgehead atoms. The minimum atomic E-state index is 0.369. The van der Waals surface area contributed by atoms with Crippen molar-refractivity contribution in [2.45, 2.75) is 38.2 Å². The number of halogens is 1. The SMILES string of the molecule is CSCCC(C)N(C)C(C)c1nc(CCl)cs1. The monoisotopic (exact) mass is 292 g/mol. The summed E-state index contributed by atoms with van der Waals surface area (Å²) in [6.07, 6.45) is 3.37. The van der Waals surface area contributed by atoms with E-state index in [9.17, 15) is 0 Å². The van der Waals surface area contributed by atoms with Gasteiger partial charge in [-0.3, -0.25) is 4.90 Å². The highest BCUT2D eigenvalue weighted by molar-refractivity contribution is 7.98. The standard InChI is InChI=1S/C12H21ClN2S2/c1-9(5-6-16-4)15(3)10(2)12-14-11(7-13)8-17-12/h8-10H,5-7H2,1-4H3. The lowest BCUT2D eigenvalue weighted by atomic mass is 10.2. The molecule has 5 heteroatoms. The van der Waals surface area contributed by atoms with Crippen LogP contribution in [0.1, 0.15) is 37.0 Å². The van der Waals surface area contributed by atoms with Crippen LogP contribution in [-0.2, 0) is 5.88 Å². The maximum Gasteiger partial charge on any atom is 0.110 e. The van der Waals surface area contributed by atoms with Gasteiger partial charge in [0.2, 0.25) is 0 Å². The topological polar surface area (TPSA) is 16.1 Å². The number of thiazole rings is 1. The lowest BCUT2D eigenvalue weighted by Crippen LogP contribution is -2.32. The molecular weight excluding hydrogens is 272 g/mol. The summed E-state index contributed by atoms with van der Waals surface area (Å²) in [6, 6.07) is 0.953. The Morgan fingerprint density at radius 1 is 1.53 bits per heavy atom. The summed E-state index contributed by atoms with van der Waals surface area (Å²) in [7, 11) is 2.18. The average Bonchev–Trinajstić information content (AvgIpc) is 2.82. The van der Waals surface area contributed by atoms with Gasteiger partial charge in [0.25, 0.3) is 0 Å². The molecule has 1 rings (SSSR count). The predicted octanol–water partition coefficient (Wildman–Crippen LogP) is 4.02. The molecule has 0 fully saturated rings. The fourth-order valence-electron chi connectivity index (χ4n) is 1.62. The zero-order chi connectivity index (χ0) is 12.8. The Morgan fingerprint density at radius 2 is 2.24 bits per heavy atom. The molecule has 0 N–H and O–H groups in total. The highest BCUT2D eigenvalue weighted by Gasteiger charge is 2.19. The number of thioether (sulfide) groups is 1. The van der Waals surface area contributed by atoms with E-state index in [4.69, 9.17) is 11.6 Å². The van der Waals surface area contributed by atoms with Crippen LogP contribution in [0.25, 0.3) is 0 Å². The summed E-state index contributed by atoms with van der Waals surface area (Å²) in [5.74, 6) is 1.72. The van der Waals surface area contributed by atoms with E-state index in [2.05, 4.69) is 42.4 Å². The molecule has 2 nitrogen and oxygen atoms in total. The van der Waals surface area contributed by atoms with E-state index in [1.54, 1.807) is 11.3 Å². The maximum atomic E-state index is 5.78. The first-order valence-corrected chi connectivity index (χ1v) is 8.62. The molecule has 1 aromatic rings. The third-order valence-electron chi connectivity index (χ3n) is 3.11. The maximum absolute atomic E-state index is 5.78. The molecule has 0 aliphatic rings. The normalized spacial score (nSPS) is 15.2. The zero-order valence-corrected chi connectivity index (χ0v) is 13.3. The molecule has 0 saturated carbocycles. The van der Waals surface area contributed by atoms with Gasteiger partial charge in [-0.05, 0) is 39.3 Å². The molecule has 0 amide bonds. The number of nitrogens with zero attached hydrogens (tertiary/aromatic N) is 2. The zero-order valence-electron chi connectivity index (χ0n) is 10.9. The average molecular weight is 293 g/mol. The van der Waals surface area contributed by atoms with Gasteiger partial charge >= 0.3 is 0 Å². The van der Waals surface area contributed by atoms with Crippen molar-refractivity contribution in [3.05, 3.63) is 16.1 Å². The van der Waals surface area contributed by atoms with Crippen LogP contribution in [0.2, 0.25) is 0 Å². The van der Waals surface area contributed by atoms with E-state index in [-0.39, 0.29) is 0 Å². The first-order chi connectivity index (χ1) is 8.10. The Kier molecular flexibility index (Phi) is 6.85. The summed E-state index contributed by atoms with van der Waals surface area (Å²) >= 11 is 9.40. The third kappa shape index (κ3) is 4.43. The van der Waals surface area contributed by atoms with Crippen LogP contribution in [0.3, 0.4) is 0 Å². The second-order valence-electron chi connectivity index (χ2n) is 4.28. The molecule has 0 radical (unpaired) electrons. The smallest absolute Gasteiger partial charge is 0.110 e. The van der Waals surface area contributed by atoms with Gasteiger partial charge in [0.15, 0.2) is 0 Å². The third-order valence-corrected chi connectivity index (χ3v) is 5.09. The first-order valence-electron chi connectivity index (χ1n) is 5.81. The molecule has 0 spiro atoms. The van der Waals surface area contributed by atoms with Crippen LogP contribution in [0.5, 0.6) is 0 Å². The first kappa shape index (κ1) is 15.3. The molecule has 98 valence electrons. The van der Waals surface area contributed by atoms with Crippen molar-refractivity contribution in [1.82, 2.24) is 9.88 Å². The van der Waals surface area contributed by atoms with Gasteiger partial charge in [0.05, 0.1) is 17.6 Å². The molecule has 1 aromatic heterocycles. The summed E-state index contributed by atoms with van der Waals surface area (Å²) in [6.45, 7) is 4.50. The molecule has 0 aromatic carbocycles. The Balaban J connectivity index is 2.58. The lowest BCUT2D eigenvalue weighted by molar-refractivity contribution is 0.193. The number of alkyl halides is 1. The molecule has 1 heterocycles. The van der Waals surface area contributed by atoms with Gasteiger partial charge in [0.1, 0.15) is 5.01 Å². The molecule has 0 aliphatic heterocycles. The fourth-order valence-corrected chi connectivity index (χ4v) is 3.36. The van der Waals surface area contributed by atoms with E-state index in [0.717, 1.165) is 5.69 Å². The summed E-state index contributed by atoms with van der Waals surface area (Å²) in [4.78, 5) is 6.95. The largest absolute Gasteiger partial charge is 0.295 e. The second kappa shape index (κ2) is 7.62. The number of hydrogen-bond acceptors (Lipinski definition) is 4. The summed E-state index contributed by atoms with van der Waals surface area (Å²) in [5, 5.41) is 3.22. The molecular formula is C12H21ClN2S2. The van der Waals surface area contributed by atoms with Crippen molar-refractivity contribution in [3.8, 4) is 0 Å². The van der Waals surface area contributed by atoms with Gasteiger partial charge in [0, 0.05) is 11.4 Å². The van der Waals surface area contributed by atoms with Gasteiger partial charge in [-0.2, -0.15) is 11.8 Å². The summed E-state index contributed by atoms with van der Waals surface area (Å²) in [5.41, 5.74) is 0.990. The van der Waals surface area contributed by atoms with Crippen LogP contribution in [0.15, 0.2) is 5.38 Å². The van der Waals surface area contributed by atoms with Crippen LogP contribution in [0.4, 0.5) is 0 Å². The summed E-state index contributed by atoms with van der Waals surface area (Å²) < 4.78 is 0. The minimum Gasteiger partial charge on any atom is -0.295 e. The van der Waals surface area contributed by atoms with Crippen LogP contribution < -0.4 is 0 Å². The molecule has 2 unspecified atom stereocenters. The van der Waals surface area contributed by atoms with Gasteiger partial charge in [-0.25, -0.2) is 4.98 Å². The highest BCUT2D eigenvalue weighted by atomic mass is 35.5. The number of rotatable bonds is 7. The Morgan fingerprint density at radius 3 is 2.76 bits per heavy atom. The van der Waals surface area contributed by atoms with Crippen LogP contribution >= 0.6 is 34.7 Å². The van der Waals surface area contributed by atoms with E-state index < -0.39 is 0 Å². The van der Waals surface area contributed by atoms with Crippen molar-refractivity contribution in [3.63, 3.8) is 0 Å². The van der Waals surface area contributed by atoms with Crippen molar-refractivity contribution in [2.24, 2.45) is 0 Å². The quantitative estimate of drug-likeness (QED) is 0.706. The van der Waals surface area contributed by atoms with E-state index >= 15 is 0 Å². The van der Waals surface area contributed by atoms with Gasteiger partial charge < -0.3 is 0 Å². The van der Waals surface area contributed by atoms with Crippen molar-refractivity contribution in [2.75, 3.05) is 19.1 Å². The van der Waals surface area contributed by atoms with Gasteiger partial charge in [-0.15, -0.1) is 22.9 Å². The Labute approximate surface area is 118 Å². The second-order valence-corrected chi connectivity index (χ2v) is 6.43. The number of aromatic nitrogens is 1. The van der Waals surface area contributed by atoms with E-state index in [1.807, 2.05) is 11.8 Å². The van der Waals surface area contributed by atoms with Crippen LogP contribution in [-0.4, -0.2) is 35.0 Å². The molecule has 0 aliphatic carbocycles. The lowest BCUT2D eigenvalue weighted by Gasteiger charge is -2.29. The van der Waals surface area contributed by atoms with Crippen molar-refractivity contribution in [1.29, 1.82) is 0 Å². The Bertz CT molecular complexity index is 330. The van der Waals surface area contributed by atoms with Gasteiger partial charge in [-0.1, -0.05) is 0 Å². The predicted molar refractivity (Wildman–Crippen MR) is 80.3 cm³/mol. The molecule has 2 atom stereocenters.